The summed E-state index contributed by atoms with van der Waals surface area (Å²) in [6, 6.07) is 8.81. The van der Waals surface area contributed by atoms with E-state index in [4.69, 9.17) is 27.9 Å². The lowest BCUT2D eigenvalue weighted by molar-refractivity contribution is 0.0980. The fraction of sp³-hybridized carbons (Fsp3) is 0.500. The van der Waals surface area contributed by atoms with Crippen molar-refractivity contribution < 1.29 is 13.9 Å². The molecule has 2 saturated carbocycles. The van der Waals surface area contributed by atoms with Crippen molar-refractivity contribution in [3.05, 3.63) is 62.9 Å². The number of hydrogen-bond donors (Lipinski definition) is 1. The second-order valence-electron chi connectivity index (χ2n) is 9.70. The van der Waals surface area contributed by atoms with Crippen LogP contribution in [0.2, 0.25) is 10.0 Å². The summed E-state index contributed by atoms with van der Waals surface area (Å²) >= 11 is 13.7. The molecular weight excluding hydrogens is 494 g/mol. The van der Waals surface area contributed by atoms with Crippen LogP contribution in [0.1, 0.15) is 65.9 Å². The highest BCUT2D eigenvalue weighted by Crippen LogP contribution is 2.45. The van der Waals surface area contributed by atoms with Gasteiger partial charge in [0.25, 0.3) is 5.91 Å². The number of benzene rings is 2. The van der Waals surface area contributed by atoms with Crippen molar-refractivity contribution in [1.29, 1.82) is 0 Å². The highest BCUT2D eigenvalue weighted by molar-refractivity contribution is 7.98. The van der Waals surface area contributed by atoms with E-state index >= 15 is 0 Å². The second kappa shape index (κ2) is 10.7. The minimum atomic E-state index is -0.511. The molecule has 1 N–H and O–H groups in total. The third-order valence-corrected chi connectivity index (χ3v) is 8.26. The second-order valence-corrected chi connectivity index (χ2v) is 11.7. The van der Waals surface area contributed by atoms with Crippen molar-refractivity contribution in [3.8, 4) is 5.75 Å². The van der Waals surface area contributed by atoms with Crippen LogP contribution in [-0.2, 0) is 6.54 Å². The molecule has 4 nitrogen and oxygen atoms in total. The minimum Gasteiger partial charge on any atom is -0.493 e. The van der Waals surface area contributed by atoms with Crippen LogP contribution in [0.25, 0.3) is 0 Å². The average molecular weight is 524 g/mol. The lowest BCUT2D eigenvalue weighted by Crippen LogP contribution is -2.35. The van der Waals surface area contributed by atoms with E-state index in [9.17, 15) is 9.18 Å². The highest BCUT2D eigenvalue weighted by Gasteiger charge is 2.31. The lowest BCUT2D eigenvalue weighted by atomic mass is 9.97. The van der Waals surface area contributed by atoms with Gasteiger partial charge in [0.05, 0.1) is 12.2 Å². The van der Waals surface area contributed by atoms with Gasteiger partial charge in [-0.05, 0) is 111 Å². The Balaban J connectivity index is 1.16. The standard InChI is InChI=1S/C26H29Cl2FN2O2S/c27-19-9-17(10-20(28)11-19)14-31-7-5-16(6-8-31)15-33-25-13-24(29)23(12-22(25)18-1-2-18)26(32)30-34-21-3-4-21/h9-13,16,18,21H,1-8,14-15H2,(H,30,32). The number of likely N-dealkylation sites (tertiary alicyclic amines) is 1. The molecule has 0 radical (unpaired) electrons. The molecule has 34 heavy (non-hydrogen) atoms. The Kier molecular flexibility index (Phi) is 7.59. The first-order valence-electron chi connectivity index (χ1n) is 12.0. The smallest absolute Gasteiger partial charge is 0.264 e. The number of piperidine rings is 1. The van der Waals surface area contributed by atoms with Crippen LogP contribution in [0.3, 0.4) is 0 Å². The van der Waals surface area contributed by atoms with Gasteiger partial charge in [-0.15, -0.1) is 0 Å². The molecule has 1 aliphatic heterocycles. The van der Waals surface area contributed by atoms with Gasteiger partial charge in [-0.1, -0.05) is 23.2 Å². The molecule has 0 aromatic heterocycles. The summed E-state index contributed by atoms with van der Waals surface area (Å²) in [6.07, 6.45) is 6.39. The number of carbonyl (C=O) groups excluding carboxylic acids is 1. The van der Waals surface area contributed by atoms with Crippen LogP contribution in [0.15, 0.2) is 30.3 Å². The van der Waals surface area contributed by atoms with Gasteiger partial charge >= 0.3 is 0 Å². The van der Waals surface area contributed by atoms with E-state index in [0.29, 0.717) is 39.5 Å². The molecule has 0 unspecified atom stereocenters. The zero-order valence-corrected chi connectivity index (χ0v) is 21.3. The maximum atomic E-state index is 14.8. The van der Waals surface area contributed by atoms with E-state index in [1.165, 1.54) is 18.0 Å². The molecular formula is C26H29Cl2FN2O2S. The minimum absolute atomic E-state index is 0.122. The monoisotopic (exact) mass is 522 g/mol. The fourth-order valence-electron chi connectivity index (χ4n) is 4.44. The summed E-state index contributed by atoms with van der Waals surface area (Å²) in [5.74, 6) is 0.527. The molecule has 1 saturated heterocycles. The van der Waals surface area contributed by atoms with E-state index in [-0.39, 0.29) is 11.5 Å². The van der Waals surface area contributed by atoms with Crippen LogP contribution < -0.4 is 9.46 Å². The molecule has 0 atom stereocenters. The van der Waals surface area contributed by atoms with Crippen LogP contribution in [0.5, 0.6) is 5.75 Å². The molecule has 1 heterocycles. The number of nitrogens with zero attached hydrogens (tertiary/aromatic N) is 1. The molecule has 2 aromatic carbocycles. The van der Waals surface area contributed by atoms with E-state index in [2.05, 4.69) is 9.62 Å². The molecule has 0 bridgehead atoms. The Morgan fingerprint density at radius 1 is 1.03 bits per heavy atom. The normalized spacial score (nSPS) is 19.3. The topological polar surface area (TPSA) is 41.6 Å². The molecule has 182 valence electrons. The number of nitrogens with one attached hydrogen (secondary N) is 1. The van der Waals surface area contributed by atoms with Crippen molar-refractivity contribution in [2.75, 3.05) is 19.7 Å². The van der Waals surface area contributed by atoms with Crippen molar-refractivity contribution >= 4 is 41.1 Å². The van der Waals surface area contributed by atoms with Crippen LogP contribution in [0.4, 0.5) is 4.39 Å². The van der Waals surface area contributed by atoms with Gasteiger partial charge < -0.3 is 4.74 Å². The summed E-state index contributed by atoms with van der Waals surface area (Å²) in [5, 5.41) is 1.80. The molecule has 3 aliphatic rings. The Hall–Kier alpha value is -1.47. The third-order valence-electron chi connectivity index (χ3n) is 6.71. The SMILES string of the molecule is O=C(NSC1CC1)c1cc(C2CC2)c(OCC2CCN(Cc3cc(Cl)cc(Cl)c3)CC2)cc1F. The highest BCUT2D eigenvalue weighted by atomic mass is 35.5. The zero-order chi connectivity index (χ0) is 23.7. The molecule has 8 heteroatoms. The number of carbonyl (C=O) groups is 1. The largest absolute Gasteiger partial charge is 0.493 e. The van der Waals surface area contributed by atoms with Crippen LogP contribution in [0, 0.1) is 11.7 Å². The Bertz CT molecular complexity index is 1030. The maximum absolute atomic E-state index is 14.8. The van der Waals surface area contributed by atoms with Gasteiger partial charge in [-0.2, -0.15) is 0 Å². The predicted molar refractivity (Wildman–Crippen MR) is 136 cm³/mol. The number of halogens is 3. The first-order valence-corrected chi connectivity index (χ1v) is 13.7. The Morgan fingerprint density at radius 2 is 1.74 bits per heavy atom. The fourth-order valence-corrected chi connectivity index (χ4v) is 5.77. The van der Waals surface area contributed by atoms with Gasteiger partial charge in [-0.3, -0.25) is 14.4 Å². The summed E-state index contributed by atoms with van der Waals surface area (Å²) < 4.78 is 23.8. The summed E-state index contributed by atoms with van der Waals surface area (Å²) in [4.78, 5) is 14.9. The van der Waals surface area contributed by atoms with Crippen molar-refractivity contribution in [2.24, 2.45) is 5.92 Å². The molecule has 1 amide bonds. The third kappa shape index (κ3) is 6.39. The van der Waals surface area contributed by atoms with Gasteiger partial charge in [-0.25, -0.2) is 4.39 Å². The first-order chi connectivity index (χ1) is 16.4. The first kappa shape index (κ1) is 24.2. The summed E-state index contributed by atoms with van der Waals surface area (Å²) in [7, 11) is 0. The van der Waals surface area contributed by atoms with Crippen LogP contribution >= 0.6 is 35.1 Å². The van der Waals surface area contributed by atoms with Crippen LogP contribution in [-0.4, -0.2) is 35.8 Å². The summed E-state index contributed by atoms with van der Waals surface area (Å²) in [5.41, 5.74) is 2.21. The quantitative estimate of drug-likeness (QED) is 0.366. The number of amides is 1. The summed E-state index contributed by atoms with van der Waals surface area (Å²) in [6.45, 7) is 3.34. The predicted octanol–water partition coefficient (Wildman–Crippen LogP) is 6.84. The molecule has 2 aromatic rings. The van der Waals surface area contributed by atoms with E-state index < -0.39 is 5.82 Å². The average Bonchev–Trinajstić information content (AvgIpc) is 3.71. The van der Waals surface area contributed by atoms with E-state index in [1.54, 1.807) is 12.1 Å². The zero-order valence-electron chi connectivity index (χ0n) is 19.0. The van der Waals surface area contributed by atoms with E-state index in [0.717, 1.165) is 69.3 Å². The molecule has 3 fully saturated rings. The molecule has 5 rings (SSSR count). The van der Waals surface area contributed by atoms with Gasteiger partial charge in [0, 0.05) is 27.9 Å². The molecule has 2 aliphatic carbocycles. The Morgan fingerprint density at radius 3 is 2.38 bits per heavy atom. The van der Waals surface area contributed by atoms with Crippen molar-refractivity contribution in [3.63, 3.8) is 0 Å². The van der Waals surface area contributed by atoms with Gasteiger partial charge in [0.1, 0.15) is 11.6 Å². The Labute approximate surface area is 214 Å². The van der Waals surface area contributed by atoms with Crippen molar-refractivity contribution in [2.45, 2.75) is 56.2 Å². The number of rotatable bonds is 9. The van der Waals surface area contributed by atoms with E-state index in [1.807, 2.05) is 12.1 Å². The lowest BCUT2D eigenvalue weighted by Gasteiger charge is -2.32. The molecule has 0 spiro atoms. The maximum Gasteiger partial charge on any atom is 0.264 e. The van der Waals surface area contributed by atoms with Crippen molar-refractivity contribution in [1.82, 2.24) is 9.62 Å². The number of ether oxygens (including phenoxy) is 1. The van der Waals surface area contributed by atoms with Gasteiger partial charge in [0.2, 0.25) is 0 Å². The van der Waals surface area contributed by atoms with Gasteiger partial charge in [0.15, 0.2) is 0 Å². The number of hydrogen-bond acceptors (Lipinski definition) is 4.